The second-order valence-electron chi connectivity index (χ2n) is 17.1. The number of halogens is 4. The molecule has 12 aromatic rings. The minimum Gasteiger partial charge on any atom is -0.453 e. The summed E-state index contributed by atoms with van der Waals surface area (Å²) in [5.74, 6) is -0.409. The van der Waals surface area contributed by atoms with Crippen LogP contribution in [0.15, 0.2) is 199 Å². The molecule has 0 amide bonds. The van der Waals surface area contributed by atoms with E-state index in [0.717, 1.165) is 88.8 Å². The molecule has 0 radical (unpaired) electrons. The Morgan fingerprint density at radius 3 is 1.92 bits per heavy atom. The number of furan rings is 1. The van der Waals surface area contributed by atoms with Crippen LogP contribution in [-0.2, 0) is 11.6 Å². The molecular weight excluding hydrogens is 817 g/mol. The molecule has 3 nitrogen and oxygen atoms in total. The summed E-state index contributed by atoms with van der Waals surface area (Å²) in [5.41, 5.74) is 10.4. The normalized spacial score (nSPS) is 15.1. The average molecular weight is 849 g/mol. The number of hydrogen-bond donors (Lipinski definition) is 0. The molecule has 10 aromatic carbocycles. The third-order valence-corrected chi connectivity index (χ3v) is 14.0. The van der Waals surface area contributed by atoms with Gasteiger partial charge in [0.05, 0.1) is 39.1 Å². The van der Waals surface area contributed by atoms with E-state index in [1.54, 1.807) is 24.3 Å². The molecule has 14 rings (SSSR count). The number of fused-ring (bicyclic) bond motifs is 19. The second-order valence-corrected chi connectivity index (χ2v) is 17.1. The van der Waals surface area contributed by atoms with Crippen molar-refractivity contribution in [2.24, 2.45) is 0 Å². The average Bonchev–Trinajstić information content (AvgIpc) is 3.99. The second kappa shape index (κ2) is 12.7. The molecule has 0 bridgehead atoms. The Kier molecular flexibility index (Phi) is 7.12. The molecule has 0 fully saturated rings. The standard InChI is InChI=1S/C58H32F4N2O/c59-34-27-29-35(30-28-34)63(50-25-11-19-42-41-18-10-22-46(58(60,61)62)55(41)65-56(42)50)51-32-47-53(39-16-4-3-14-37(39)51)52-36-13-2-1-12-33(36)26-31-44(52)57(47)43-20-6-8-24-49(43)64-48-23-7-5-15-38(48)40-17-9-21-45(57)54(40)64/h1-32H. The molecule has 2 aliphatic rings. The van der Waals surface area contributed by atoms with Crippen molar-refractivity contribution in [2.75, 3.05) is 4.90 Å². The highest BCUT2D eigenvalue weighted by molar-refractivity contribution is 6.19. The highest BCUT2D eigenvalue weighted by Gasteiger charge is 2.52. The van der Waals surface area contributed by atoms with Crippen molar-refractivity contribution in [1.82, 2.24) is 4.57 Å². The highest BCUT2D eigenvalue weighted by Crippen LogP contribution is 2.64. The maximum Gasteiger partial charge on any atom is 0.420 e. The fourth-order valence-corrected chi connectivity index (χ4v) is 11.6. The van der Waals surface area contributed by atoms with Crippen molar-refractivity contribution < 1.29 is 22.0 Å². The molecule has 0 N–H and O–H groups in total. The summed E-state index contributed by atoms with van der Waals surface area (Å²) in [6, 6.07) is 63.6. The van der Waals surface area contributed by atoms with Crippen LogP contribution in [0.25, 0.3) is 82.1 Å². The zero-order chi connectivity index (χ0) is 43.3. The fourth-order valence-electron chi connectivity index (χ4n) is 11.6. The molecule has 1 aliphatic carbocycles. The van der Waals surface area contributed by atoms with Crippen molar-refractivity contribution in [3.63, 3.8) is 0 Å². The summed E-state index contributed by atoms with van der Waals surface area (Å²) in [6.07, 6.45) is -4.64. The van der Waals surface area contributed by atoms with Crippen LogP contribution in [-0.4, -0.2) is 4.57 Å². The first-order valence-electron chi connectivity index (χ1n) is 21.6. The van der Waals surface area contributed by atoms with E-state index in [4.69, 9.17) is 4.42 Å². The van der Waals surface area contributed by atoms with Gasteiger partial charge in [-0.2, -0.15) is 13.2 Å². The number of para-hydroxylation sites is 5. The molecule has 65 heavy (non-hydrogen) atoms. The largest absolute Gasteiger partial charge is 0.453 e. The summed E-state index contributed by atoms with van der Waals surface area (Å²) < 4.78 is 67.6. The molecule has 308 valence electrons. The Labute approximate surface area is 368 Å². The Morgan fingerprint density at radius 1 is 0.462 bits per heavy atom. The van der Waals surface area contributed by atoms with Gasteiger partial charge in [0.25, 0.3) is 0 Å². The molecule has 3 heterocycles. The zero-order valence-electron chi connectivity index (χ0n) is 34.3. The number of nitrogens with zero attached hydrogens (tertiary/aromatic N) is 2. The van der Waals surface area contributed by atoms with Gasteiger partial charge in [-0.25, -0.2) is 4.39 Å². The Balaban J connectivity index is 1.18. The quantitative estimate of drug-likeness (QED) is 0.165. The van der Waals surface area contributed by atoms with E-state index in [1.165, 1.54) is 23.6 Å². The molecule has 0 saturated heterocycles. The smallest absolute Gasteiger partial charge is 0.420 e. The van der Waals surface area contributed by atoms with Crippen LogP contribution in [0.5, 0.6) is 0 Å². The lowest BCUT2D eigenvalue weighted by Gasteiger charge is -2.40. The summed E-state index contributed by atoms with van der Waals surface area (Å²) >= 11 is 0. The fraction of sp³-hybridized carbons (Fsp3) is 0.0345. The third kappa shape index (κ3) is 4.64. The SMILES string of the molecule is Fc1ccc(N(c2cc3c(c4ccccc24)-c2c(ccc4ccccc24)C32c3ccccc3-n3c4ccccc4c4cccc2c43)c2cccc3c2oc2c(C(F)(F)F)cccc23)cc1. The molecule has 1 atom stereocenters. The van der Waals surface area contributed by atoms with Gasteiger partial charge in [0.15, 0.2) is 5.58 Å². The van der Waals surface area contributed by atoms with Gasteiger partial charge in [-0.15, -0.1) is 0 Å². The van der Waals surface area contributed by atoms with Crippen molar-refractivity contribution >= 4 is 82.4 Å². The highest BCUT2D eigenvalue weighted by atomic mass is 19.4. The first-order valence-corrected chi connectivity index (χ1v) is 21.6. The van der Waals surface area contributed by atoms with Gasteiger partial charge < -0.3 is 13.9 Å². The minimum atomic E-state index is -4.64. The van der Waals surface area contributed by atoms with E-state index in [9.17, 15) is 17.6 Å². The van der Waals surface area contributed by atoms with Crippen LogP contribution in [0.3, 0.4) is 0 Å². The van der Waals surface area contributed by atoms with Crippen molar-refractivity contribution in [3.05, 3.63) is 228 Å². The first-order chi connectivity index (χ1) is 31.8. The van der Waals surface area contributed by atoms with E-state index >= 15 is 0 Å². The lowest BCUT2D eigenvalue weighted by Crippen LogP contribution is -2.33. The topological polar surface area (TPSA) is 21.3 Å². The number of benzene rings is 10. The summed E-state index contributed by atoms with van der Waals surface area (Å²) in [6.45, 7) is 0. The van der Waals surface area contributed by atoms with Gasteiger partial charge in [-0.1, -0.05) is 140 Å². The summed E-state index contributed by atoms with van der Waals surface area (Å²) in [7, 11) is 0. The Morgan fingerprint density at radius 2 is 1.09 bits per heavy atom. The van der Waals surface area contributed by atoms with Crippen LogP contribution in [0.2, 0.25) is 0 Å². The number of alkyl halides is 3. The van der Waals surface area contributed by atoms with E-state index in [1.807, 2.05) is 23.1 Å². The molecule has 1 unspecified atom stereocenters. The molecule has 0 saturated carbocycles. The van der Waals surface area contributed by atoms with Gasteiger partial charge in [0, 0.05) is 32.6 Å². The van der Waals surface area contributed by atoms with Gasteiger partial charge >= 0.3 is 6.18 Å². The van der Waals surface area contributed by atoms with Crippen LogP contribution >= 0.6 is 0 Å². The van der Waals surface area contributed by atoms with Crippen LogP contribution in [0.4, 0.5) is 34.6 Å². The van der Waals surface area contributed by atoms with E-state index in [0.29, 0.717) is 22.1 Å². The third-order valence-electron chi connectivity index (χ3n) is 14.0. The summed E-state index contributed by atoms with van der Waals surface area (Å²) in [5, 5.41) is 7.41. The Hall–Kier alpha value is -8.16. The van der Waals surface area contributed by atoms with Crippen LogP contribution in [0, 0.1) is 5.82 Å². The molecule has 1 spiro atoms. The number of rotatable bonds is 3. The Bertz CT molecular complexity index is 4030. The van der Waals surface area contributed by atoms with E-state index in [2.05, 4.69) is 132 Å². The summed E-state index contributed by atoms with van der Waals surface area (Å²) in [4.78, 5) is 2.03. The lowest BCUT2D eigenvalue weighted by atomic mass is 9.65. The minimum absolute atomic E-state index is 0.233. The molecule has 2 aromatic heterocycles. The van der Waals surface area contributed by atoms with Crippen LogP contribution < -0.4 is 4.90 Å². The van der Waals surface area contributed by atoms with Crippen molar-refractivity contribution in [2.45, 2.75) is 11.6 Å². The van der Waals surface area contributed by atoms with Gasteiger partial charge in [-0.05, 0) is 104 Å². The van der Waals surface area contributed by atoms with Crippen LogP contribution in [0.1, 0.15) is 27.8 Å². The van der Waals surface area contributed by atoms with Gasteiger partial charge in [0.1, 0.15) is 11.4 Å². The predicted octanol–water partition coefficient (Wildman–Crippen LogP) is 16.3. The van der Waals surface area contributed by atoms with Crippen molar-refractivity contribution in [1.29, 1.82) is 0 Å². The zero-order valence-corrected chi connectivity index (χ0v) is 34.3. The number of aromatic nitrogens is 1. The molecule has 7 heteroatoms. The van der Waals surface area contributed by atoms with Crippen molar-refractivity contribution in [3.8, 4) is 16.8 Å². The van der Waals surface area contributed by atoms with Gasteiger partial charge in [0.2, 0.25) is 0 Å². The number of hydrogen-bond acceptors (Lipinski definition) is 2. The van der Waals surface area contributed by atoms with E-state index < -0.39 is 23.0 Å². The number of anilines is 3. The molecular formula is C58H32F4N2O. The van der Waals surface area contributed by atoms with E-state index in [-0.39, 0.29) is 11.2 Å². The monoisotopic (exact) mass is 848 g/mol. The van der Waals surface area contributed by atoms with Gasteiger partial charge in [-0.3, -0.25) is 0 Å². The maximum atomic E-state index is 15.0. The molecule has 1 aliphatic heterocycles. The maximum absolute atomic E-state index is 15.0. The lowest BCUT2D eigenvalue weighted by molar-refractivity contribution is -0.136. The predicted molar refractivity (Wildman–Crippen MR) is 254 cm³/mol. The first kappa shape index (κ1) is 36.3.